The fourth-order valence-electron chi connectivity index (χ4n) is 6.42. The number of piperazine rings is 1. The van der Waals surface area contributed by atoms with E-state index in [0.717, 1.165) is 44.4 Å². The maximum Gasteiger partial charge on any atom is 0.416 e. The number of rotatable bonds is 5. The summed E-state index contributed by atoms with van der Waals surface area (Å²) < 4.78 is 47.9. The number of anilines is 3. The third-order valence-corrected chi connectivity index (χ3v) is 8.94. The highest BCUT2D eigenvalue weighted by Crippen LogP contribution is 2.36. The predicted octanol–water partition coefficient (Wildman–Crippen LogP) is 2.67. The molecule has 1 N–H and O–H groups in total. The lowest BCUT2D eigenvalue weighted by Crippen LogP contribution is -2.50. The number of aromatic nitrogens is 4. The largest absolute Gasteiger partial charge is 0.416 e. The number of ether oxygens (including phenoxy) is 1. The van der Waals surface area contributed by atoms with E-state index in [-0.39, 0.29) is 35.1 Å². The van der Waals surface area contributed by atoms with Crippen LogP contribution in [0.1, 0.15) is 43.9 Å². The molecule has 6 rings (SSSR count). The number of nitrogens with one attached hydrogen (secondary N) is 1. The number of fused-ring (bicyclic) bond motifs is 1. The molecule has 0 bridgehead atoms. The molecule has 2 aromatic heterocycles. The molecule has 0 unspecified atom stereocenters. The Morgan fingerprint density at radius 1 is 1.00 bits per heavy atom. The zero-order valence-corrected chi connectivity index (χ0v) is 24.7. The van der Waals surface area contributed by atoms with E-state index in [9.17, 15) is 27.6 Å². The summed E-state index contributed by atoms with van der Waals surface area (Å²) in [6.45, 7) is 6.82. The number of carbonyl (C=O) groups excluding carboxylic acids is 2. The fourth-order valence-corrected chi connectivity index (χ4v) is 6.42. The maximum absolute atomic E-state index is 13.9. The van der Waals surface area contributed by atoms with E-state index in [1.54, 1.807) is 16.4 Å². The minimum Gasteiger partial charge on any atom is -0.375 e. The van der Waals surface area contributed by atoms with Crippen LogP contribution in [0.25, 0.3) is 5.78 Å². The van der Waals surface area contributed by atoms with Gasteiger partial charge < -0.3 is 29.3 Å². The van der Waals surface area contributed by atoms with E-state index in [2.05, 4.69) is 10.4 Å². The molecule has 0 radical (unpaired) electrons. The van der Waals surface area contributed by atoms with Crippen molar-refractivity contribution in [1.29, 1.82) is 0 Å². The second-order valence-corrected chi connectivity index (χ2v) is 11.7. The van der Waals surface area contributed by atoms with Gasteiger partial charge in [-0.1, -0.05) is 0 Å². The summed E-state index contributed by atoms with van der Waals surface area (Å²) in [5.74, 6) is 0.0217. The molecule has 44 heavy (non-hydrogen) atoms. The molecule has 3 aliphatic heterocycles. The van der Waals surface area contributed by atoms with E-state index in [1.807, 2.05) is 9.80 Å². The normalized spacial score (nSPS) is 18.8. The first-order valence-corrected chi connectivity index (χ1v) is 14.8. The van der Waals surface area contributed by atoms with Crippen LogP contribution in [0.4, 0.5) is 30.5 Å². The number of amides is 2. The van der Waals surface area contributed by atoms with Gasteiger partial charge in [-0.3, -0.25) is 14.4 Å². The Morgan fingerprint density at radius 3 is 2.27 bits per heavy atom. The molecular formula is C29H35F3N8O4. The summed E-state index contributed by atoms with van der Waals surface area (Å²) in [5, 5.41) is 7.25. The summed E-state index contributed by atoms with van der Waals surface area (Å²) in [6, 6.07) is 4.20. The average molecular weight is 617 g/mol. The summed E-state index contributed by atoms with van der Waals surface area (Å²) in [5.41, 5.74) is -0.242. The number of halogens is 3. The molecule has 3 aromatic rings. The Labute approximate surface area is 251 Å². The van der Waals surface area contributed by atoms with Crippen molar-refractivity contribution in [3.8, 4) is 0 Å². The quantitative estimate of drug-likeness (QED) is 0.465. The smallest absolute Gasteiger partial charge is 0.375 e. The zero-order chi connectivity index (χ0) is 31.2. The van der Waals surface area contributed by atoms with E-state index in [1.165, 1.54) is 23.6 Å². The number of hydrogen-bond donors (Lipinski definition) is 1. The van der Waals surface area contributed by atoms with Crippen LogP contribution in [-0.2, 0) is 27.0 Å². The predicted molar refractivity (Wildman–Crippen MR) is 156 cm³/mol. The van der Waals surface area contributed by atoms with E-state index in [4.69, 9.17) is 9.72 Å². The Kier molecular flexibility index (Phi) is 7.76. The first-order chi connectivity index (χ1) is 20.9. The highest BCUT2D eigenvalue weighted by Gasteiger charge is 2.39. The Balaban J connectivity index is 1.32. The second kappa shape index (κ2) is 11.4. The van der Waals surface area contributed by atoms with Gasteiger partial charge in [0.1, 0.15) is 12.2 Å². The molecule has 3 saturated heterocycles. The summed E-state index contributed by atoms with van der Waals surface area (Å²) >= 11 is 0. The molecule has 3 fully saturated rings. The molecule has 3 aliphatic rings. The van der Waals surface area contributed by atoms with Crippen LogP contribution in [0.3, 0.4) is 0 Å². The molecule has 1 aromatic carbocycles. The number of piperidine rings is 1. The Hall–Kier alpha value is -4.14. The highest BCUT2D eigenvalue weighted by molar-refractivity contribution is 5.91. The van der Waals surface area contributed by atoms with Crippen LogP contribution < -0.4 is 20.7 Å². The van der Waals surface area contributed by atoms with Gasteiger partial charge in [0.05, 0.1) is 11.2 Å². The van der Waals surface area contributed by atoms with Crippen molar-refractivity contribution in [2.24, 2.45) is 0 Å². The van der Waals surface area contributed by atoms with Crippen LogP contribution in [-0.4, -0.2) is 87.4 Å². The maximum atomic E-state index is 13.9. The van der Waals surface area contributed by atoms with Gasteiger partial charge in [-0.15, -0.1) is 5.10 Å². The lowest BCUT2D eigenvalue weighted by atomic mass is 9.89. The molecule has 0 saturated carbocycles. The van der Waals surface area contributed by atoms with Crippen LogP contribution in [0, 0.1) is 6.92 Å². The number of nitrogens with zero attached hydrogens (tertiary/aromatic N) is 7. The first kappa shape index (κ1) is 29.9. The molecule has 5 heterocycles. The topological polar surface area (TPSA) is 117 Å². The van der Waals surface area contributed by atoms with Crippen molar-refractivity contribution < 1.29 is 27.5 Å². The third-order valence-electron chi connectivity index (χ3n) is 8.94. The van der Waals surface area contributed by atoms with Gasteiger partial charge in [-0.2, -0.15) is 22.7 Å². The molecular weight excluding hydrogens is 581 g/mol. The number of hydrogen-bond acceptors (Lipinski definition) is 8. The van der Waals surface area contributed by atoms with Gasteiger partial charge in [0.15, 0.2) is 0 Å². The van der Waals surface area contributed by atoms with Crippen molar-refractivity contribution in [3.63, 3.8) is 0 Å². The fraction of sp³-hybridized carbons (Fsp3) is 0.552. The van der Waals surface area contributed by atoms with Crippen molar-refractivity contribution in [2.75, 3.05) is 61.0 Å². The minimum absolute atomic E-state index is 0.0404. The zero-order valence-electron chi connectivity index (χ0n) is 24.7. The molecule has 1 spiro atoms. The third kappa shape index (κ3) is 5.72. The molecule has 2 amide bonds. The van der Waals surface area contributed by atoms with Gasteiger partial charge in [0.2, 0.25) is 23.5 Å². The molecule has 12 nitrogen and oxygen atoms in total. The van der Waals surface area contributed by atoms with Crippen molar-refractivity contribution >= 4 is 34.9 Å². The van der Waals surface area contributed by atoms with Crippen LogP contribution >= 0.6 is 0 Å². The Morgan fingerprint density at radius 2 is 1.68 bits per heavy atom. The van der Waals surface area contributed by atoms with Crippen LogP contribution in [0.15, 0.2) is 29.1 Å². The number of carbonyl (C=O) groups is 2. The van der Waals surface area contributed by atoms with Crippen LogP contribution in [0.5, 0.6) is 0 Å². The lowest BCUT2D eigenvalue weighted by molar-refractivity contribution is -0.137. The van der Waals surface area contributed by atoms with E-state index < -0.39 is 17.6 Å². The van der Waals surface area contributed by atoms with Gasteiger partial charge in [0, 0.05) is 64.2 Å². The SMILES string of the molecule is CC(=O)N1CCN(c2c(C)n(CC(=O)Nc3ccc(C(F)(F)F)cc3)c3nc(N4CCC5(CCCO5)CC4)nn3c2=O)CC1. The standard InChI is InChI=1S/C29H35F3N8O4/c1-19-24(37-15-13-36(14-16-37)20(2)41)25(43)40-27(34-26(35-40)38-11-9-28(10-12-38)8-3-17-44-28)39(19)18-23(42)33-22-6-4-21(5-7-22)29(30,31)32/h4-7H,3,8-18H2,1-2H3,(H,33,42). The van der Waals surface area contributed by atoms with E-state index in [0.29, 0.717) is 56.6 Å². The van der Waals surface area contributed by atoms with Gasteiger partial charge >= 0.3 is 6.18 Å². The monoisotopic (exact) mass is 616 g/mol. The summed E-state index contributed by atoms with van der Waals surface area (Å²) in [6.07, 6.45) is -0.765. The van der Waals surface area contributed by atoms with Crippen molar-refractivity contribution in [2.45, 2.75) is 57.9 Å². The molecule has 236 valence electrons. The molecule has 15 heteroatoms. The summed E-state index contributed by atoms with van der Waals surface area (Å²) in [7, 11) is 0. The number of benzene rings is 1. The molecule has 0 aliphatic carbocycles. The minimum atomic E-state index is -4.49. The number of alkyl halides is 3. The second-order valence-electron chi connectivity index (χ2n) is 11.7. The molecule has 0 atom stereocenters. The summed E-state index contributed by atoms with van der Waals surface area (Å²) in [4.78, 5) is 49.4. The highest BCUT2D eigenvalue weighted by atomic mass is 19.4. The average Bonchev–Trinajstić information content (AvgIpc) is 3.64. The Bertz CT molecular complexity index is 1610. The van der Waals surface area contributed by atoms with Gasteiger partial charge in [0.25, 0.3) is 5.56 Å². The van der Waals surface area contributed by atoms with Crippen molar-refractivity contribution in [1.82, 2.24) is 24.1 Å². The van der Waals surface area contributed by atoms with Crippen LogP contribution in [0.2, 0.25) is 0 Å². The first-order valence-electron chi connectivity index (χ1n) is 14.8. The van der Waals surface area contributed by atoms with Gasteiger partial charge in [-0.25, -0.2) is 0 Å². The van der Waals surface area contributed by atoms with E-state index >= 15 is 0 Å². The lowest BCUT2D eigenvalue weighted by Gasteiger charge is -2.38. The van der Waals surface area contributed by atoms with Gasteiger partial charge in [-0.05, 0) is 56.9 Å². The van der Waals surface area contributed by atoms with Crippen molar-refractivity contribution in [3.05, 3.63) is 45.9 Å².